The average molecular weight is 445 g/mol. The molecule has 0 aliphatic heterocycles. The van der Waals surface area contributed by atoms with Gasteiger partial charge in [-0.1, -0.05) is 6.07 Å². The average Bonchev–Trinajstić information content (AvgIpc) is 2.88. The molecule has 7 nitrogen and oxygen atoms in total. The van der Waals surface area contributed by atoms with E-state index in [9.17, 15) is 0 Å². The summed E-state index contributed by atoms with van der Waals surface area (Å²) >= 11 is 0. The van der Waals surface area contributed by atoms with Crippen molar-refractivity contribution in [2.75, 3.05) is 13.7 Å². The molecule has 8 heteroatoms. The maximum Gasteiger partial charge on any atom is 0.214 e. The van der Waals surface area contributed by atoms with Gasteiger partial charge >= 0.3 is 0 Å². The van der Waals surface area contributed by atoms with Crippen molar-refractivity contribution in [2.45, 2.75) is 33.9 Å². The van der Waals surface area contributed by atoms with Gasteiger partial charge in [-0.2, -0.15) is 0 Å². The molecule has 0 saturated heterocycles. The molecule has 0 fully saturated rings. The number of halogens is 1. The second-order valence-corrected chi connectivity index (χ2v) is 4.97. The highest BCUT2D eigenvalue weighted by molar-refractivity contribution is 14.0. The number of nitrogens with zero attached hydrogens (tertiary/aromatic N) is 3. The number of nitrogens with one attached hydrogen (secondary N) is 2. The lowest BCUT2D eigenvalue weighted by Crippen LogP contribution is -2.36. The van der Waals surface area contributed by atoms with Crippen LogP contribution in [-0.2, 0) is 13.1 Å². The van der Waals surface area contributed by atoms with Gasteiger partial charge in [0.1, 0.15) is 5.76 Å². The van der Waals surface area contributed by atoms with E-state index >= 15 is 0 Å². The molecule has 0 unspecified atom stereocenters. The van der Waals surface area contributed by atoms with Crippen LogP contribution in [0.2, 0.25) is 0 Å². The summed E-state index contributed by atoms with van der Waals surface area (Å²) < 4.78 is 10.7. The third kappa shape index (κ3) is 5.99. The zero-order valence-corrected chi connectivity index (χ0v) is 16.8. The highest BCUT2D eigenvalue weighted by Crippen LogP contribution is 2.08. The number of pyridine rings is 1. The van der Waals surface area contributed by atoms with Crippen LogP contribution in [-0.4, -0.2) is 29.6 Å². The molecule has 0 aromatic carbocycles. The molecule has 0 bridgehead atoms. The van der Waals surface area contributed by atoms with Crippen molar-refractivity contribution in [3.05, 3.63) is 41.2 Å². The van der Waals surface area contributed by atoms with Gasteiger partial charge in [-0.15, -0.1) is 24.0 Å². The number of ether oxygens (including phenoxy) is 1. The largest absolute Gasteiger partial charge is 0.481 e. The molecule has 0 aliphatic rings. The van der Waals surface area contributed by atoms with Crippen LogP contribution < -0.4 is 15.4 Å². The highest BCUT2D eigenvalue weighted by Gasteiger charge is 2.06. The summed E-state index contributed by atoms with van der Waals surface area (Å²) in [5.41, 5.74) is 1.74. The summed E-state index contributed by atoms with van der Waals surface area (Å²) in [4.78, 5) is 13.2. The number of methoxy groups -OCH3 is 1. The monoisotopic (exact) mass is 445 g/mol. The second-order valence-electron chi connectivity index (χ2n) is 4.97. The van der Waals surface area contributed by atoms with Crippen LogP contribution in [0, 0.1) is 13.8 Å². The first-order chi connectivity index (χ1) is 11.1. The molecule has 2 N–H and O–H groups in total. The summed E-state index contributed by atoms with van der Waals surface area (Å²) in [6, 6.07) is 5.62. The minimum Gasteiger partial charge on any atom is -0.481 e. The summed E-state index contributed by atoms with van der Waals surface area (Å²) in [6.45, 7) is 7.54. The zero-order chi connectivity index (χ0) is 16.7. The van der Waals surface area contributed by atoms with Crippen LogP contribution in [0.1, 0.15) is 30.0 Å². The van der Waals surface area contributed by atoms with Gasteiger partial charge in [0.2, 0.25) is 11.8 Å². The van der Waals surface area contributed by atoms with Crippen LogP contribution in [0.25, 0.3) is 0 Å². The minimum absolute atomic E-state index is 0. The molecule has 0 atom stereocenters. The molecule has 2 heterocycles. The number of rotatable bonds is 6. The molecule has 0 radical (unpaired) electrons. The zero-order valence-electron chi connectivity index (χ0n) is 14.4. The van der Waals surface area contributed by atoms with Crippen molar-refractivity contribution in [1.82, 2.24) is 20.6 Å². The van der Waals surface area contributed by atoms with Crippen LogP contribution >= 0.6 is 24.0 Å². The molecule has 0 aliphatic carbocycles. The number of hydrogen-bond acceptors (Lipinski definition) is 5. The number of hydrogen-bond donors (Lipinski definition) is 2. The van der Waals surface area contributed by atoms with Gasteiger partial charge in [-0.3, -0.25) is 0 Å². The Hall–Kier alpha value is -1.84. The lowest BCUT2D eigenvalue weighted by atomic mass is 10.3. The van der Waals surface area contributed by atoms with Crippen molar-refractivity contribution in [3.63, 3.8) is 0 Å². The topological polar surface area (TPSA) is 84.6 Å². The molecule has 2 aromatic heterocycles. The molecule has 2 aromatic rings. The maximum absolute atomic E-state index is 5.55. The molecular formula is C16H24IN5O2. The van der Waals surface area contributed by atoms with Gasteiger partial charge in [0.05, 0.1) is 31.6 Å². The Bertz CT molecular complexity index is 653. The van der Waals surface area contributed by atoms with E-state index in [4.69, 9.17) is 9.15 Å². The SMILES string of the molecule is CCNC(=NCc1cccc(OC)n1)NCc1nc(C)c(C)o1.I. The fourth-order valence-electron chi connectivity index (χ4n) is 1.94. The molecule has 0 saturated carbocycles. The first kappa shape index (κ1) is 20.2. The standard InChI is InChI=1S/C16H23N5O2.HI/c1-5-17-16(19-10-15-20-11(2)12(3)23-15)18-9-13-7-6-8-14(21-13)22-4;/h6-8H,5,9-10H2,1-4H3,(H2,17,18,19);1H. The fraction of sp³-hybridized carbons (Fsp3) is 0.438. The lowest BCUT2D eigenvalue weighted by Gasteiger charge is -2.09. The first-order valence-corrected chi connectivity index (χ1v) is 7.57. The second kappa shape index (κ2) is 10.1. The smallest absolute Gasteiger partial charge is 0.214 e. The van der Waals surface area contributed by atoms with Crippen molar-refractivity contribution in [1.29, 1.82) is 0 Å². The highest BCUT2D eigenvalue weighted by atomic mass is 127. The van der Waals surface area contributed by atoms with Gasteiger partial charge in [0, 0.05) is 12.6 Å². The molecule has 0 spiro atoms. The Morgan fingerprint density at radius 1 is 1.25 bits per heavy atom. The van der Waals surface area contributed by atoms with E-state index in [-0.39, 0.29) is 24.0 Å². The molecule has 132 valence electrons. The van der Waals surface area contributed by atoms with Crippen molar-refractivity contribution < 1.29 is 9.15 Å². The Morgan fingerprint density at radius 2 is 2.04 bits per heavy atom. The van der Waals surface area contributed by atoms with Crippen LogP contribution in [0.5, 0.6) is 5.88 Å². The Kier molecular flexibility index (Phi) is 8.51. The Morgan fingerprint density at radius 3 is 2.67 bits per heavy atom. The van der Waals surface area contributed by atoms with Gasteiger partial charge in [-0.05, 0) is 26.8 Å². The van der Waals surface area contributed by atoms with E-state index in [0.29, 0.717) is 30.8 Å². The molecular weight excluding hydrogens is 421 g/mol. The normalized spacial score (nSPS) is 10.9. The quantitative estimate of drug-likeness (QED) is 0.404. The van der Waals surface area contributed by atoms with Crippen LogP contribution in [0.3, 0.4) is 0 Å². The molecule has 2 rings (SSSR count). The predicted molar refractivity (Wildman–Crippen MR) is 104 cm³/mol. The third-order valence-electron chi connectivity index (χ3n) is 3.21. The fourth-order valence-corrected chi connectivity index (χ4v) is 1.94. The Balaban J connectivity index is 0.00000288. The van der Waals surface area contributed by atoms with Crippen LogP contribution in [0.15, 0.2) is 27.6 Å². The number of guanidine groups is 1. The number of aryl methyl sites for hydroxylation is 2. The van der Waals surface area contributed by atoms with Crippen LogP contribution in [0.4, 0.5) is 0 Å². The van der Waals surface area contributed by atoms with Crippen molar-refractivity contribution >= 4 is 29.9 Å². The lowest BCUT2D eigenvalue weighted by molar-refractivity contribution is 0.396. The molecule has 24 heavy (non-hydrogen) atoms. The van der Waals surface area contributed by atoms with Gasteiger partial charge in [-0.25, -0.2) is 15.0 Å². The van der Waals surface area contributed by atoms with E-state index in [1.165, 1.54) is 0 Å². The number of aliphatic imine (C=N–C) groups is 1. The van der Waals surface area contributed by atoms with Gasteiger partial charge < -0.3 is 19.8 Å². The number of aromatic nitrogens is 2. The van der Waals surface area contributed by atoms with Crippen molar-refractivity contribution in [3.8, 4) is 5.88 Å². The predicted octanol–water partition coefficient (Wildman–Crippen LogP) is 2.57. The van der Waals surface area contributed by atoms with E-state index in [1.54, 1.807) is 7.11 Å². The minimum atomic E-state index is 0. The molecule has 0 amide bonds. The summed E-state index contributed by atoms with van der Waals surface area (Å²) in [5, 5.41) is 6.38. The van der Waals surface area contributed by atoms with E-state index < -0.39 is 0 Å². The Labute approximate surface area is 159 Å². The van der Waals surface area contributed by atoms with Gasteiger partial charge in [0.15, 0.2) is 5.96 Å². The number of oxazole rings is 1. The maximum atomic E-state index is 5.55. The summed E-state index contributed by atoms with van der Waals surface area (Å²) in [7, 11) is 1.60. The van der Waals surface area contributed by atoms with E-state index in [2.05, 4.69) is 25.6 Å². The van der Waals surface area contributed by atoms with Crippen molar-refractivity contribution in [2.24, 2.45) is 4.99 Å². The first-order valence-electron chi connectivity index (χ1n) is 7.57. The summed E-state index contributed by atoms with van der Waals surface area (Å²) in [5.74, 6) is 2.75. The third-order valence-corrected chi connectivity index (χ3v) is 3.21. The summed E-state index contributed by atoms with van der Waals surface area (Å²) in [6.07, 6.45) is 0. The van der Waals surface area contributed by atoms with E-state index in [1.807, 2.05) is 39.0 Å². The van der Waals surface area contributed by atoms with Gasteiger partial charge in [0.25, 0.3) is 0 Å². The van der Waals surface area contributed by atoms with E-state index in [0.717, 1.165) is 23.7 Å².